The van der Waals surface area contributed by atoms with Gasteiger partial charge >= 0.3 is 0 Å². The van der Waals surface area contributed by atoms with Crippen molar-refractivity contribution >= 4 is 89.9 Å². The van der Waals surface area contributed by atoms with Crippen LogP contribution in [0.4, 0.5) is 62.6 Å². The second-order valence-electron chi connectivity index (χ2n) is 14.0. The van der Waals surface area contributed by atoms with E-state index in [0.29, 0.717) is 62.3 Å². The Hall–Kier alpha value is -7.82. The van der Waals surface area contributed by atoms with Crippen LogP contribution in [0, 0.1) is 27.7 Å². The molecule has 0 aliphatic heterocycles. The number of nitrogens with two attached hydrogens (primary N) is 1. The molecule has 0 heterocycles. The summed E-state index contributed by atoms with van der Waals surface area (Å²) >= 11 is 0. The van der Waals surface area contributed by atoms with E-state index < -0.39 is 10.1 Å². The van der Waals surface area contributed by atoms with Gasteiger partial charge in [0.15, 0.2) is 5.75 Å². The van der Waals surface area contributed by atoms with E-state index >= 15 is 0 Å². The predicted octanol–water partition coefficient (Wildman–Crippen LogP) is 13.6. The van der Waals surface area contributed by atoms with Gasteiger partial charge in [-0.05, 0) is 165 Å². The van der Waals surface area contributed by atoms with Crippen LogP contribution in [0.5, 0.6) is 5.75 Å². The minimum atomic E-state index is -4.45. The van der Waals surface area contributed by atoms with E-state index in [1.165, 1.54) is 23.1 Å². The van der Waals surface area contributed by atoms with Gasteiger partial charge in [-0.2, -0.15) is 39.1 Å². The molecule has 0 fully saturated rings. The van der Waals surface area contributed by atoms with Crippen molar-refractivity contribution in [1.29, 1.82) is 0 Å². The zero-order valence-corrected chi connectivity index (χ0v) is 34.1. The summed E-state index contributed by atoms with van der Waals surface area (Å²) in [6.07, 6.45) is 0.728. The van der Waals surface area contributed by atoms with Crippen molar-refractivity contribution in [3.05, 3.63) is 150 Å². The number of nitrogen functional groups attached to an aromatic ring is 1. The van der Waals surface area contributed by atoms with E-state index in [9.17, 15) is 22.9 Å². The lowest BCUT2D eigenvalue weighted by molar-refractivity contribution is -0.106. The first kappa shape index (κ1) is 41.3. The van der Waals surface area contributed by atoms with Crippen molar-refractivity contribution in [2.75, 3.05) is 10.6 Å². The Kier molecular flexibility index (Phi) is 11.9. The summed E-state index contributed by atoms with van der Waals surface area (Å²) in [4.78, 5) is 13.1. The number of azo groups is 4. The zero-order valence-electron chi connectivity index (χ0n) is 33.3. The van der Waals surface area contributed by atoms with Crippen LogP contribution < -0.4 is 10.6 Å². The Morgan fingerprint density at radius 3 is 1.61 bits per heavy atom. The molecule has 304 valence electrons. The second-order valence-corrected chi connectivity index (χ2v) is 15.4. The highest BCUT2D eigenvalue weighted by atomic mass is 32.2. The molecule has 7 aromatic rings. The molecular weight excluding hydrogens is 793 g/mol. The lowest BCUT2D eigenvalue weighted by Crippen LogP contribution is -2.13. The normalized spacial score (nSPS) is 12.1. The van der Waals surface area contributed by atoms with Crippen LogP contribution >= 0.6 is 0 Å². The van der Waals surface area contributed by atoms with Crippen LogP contribution in [0.1, 0.15) is 22.3 Å². The highest BCUT2D eigenvalue weighted by molar-refractivity contribution is 7.86. The lowest BCUT2D eigenvalue weighted by Gasteiger charge is -2.18. The number of hydrogen-bond acceptors (Lipinski definition) is 13. The molecule has 16 heteroatoms. The Bertz CT molecular complexity index is 3060. The summed E-state index contributed by atoms with van der Waals surface area (Å²) in [5.41, 5.74) is 14.8. The number of aryl methyl sites for hydroxylation is 4. The molecule has 7 aromatic carbocycles. The van der Waals surface area contributed by atoms with Gasteiger partial charge in [-0.1, -0.05) is 18.2 Å². The first-order chi connectivity index (χ1) is 29.3. The van der Waals surface area contributed by atoms with Crippen LogP contribution in [0.25, 0.3) is 10.8 Å². The van der Waals surface area contributed by atoms with Crippen molar-refractivity contribution in [3.8, 4) is 5.75 Å². The number of fused-ring (bicyclic) bond motifs is 1. The monoisotopic (exact) mass is 830 g/mol. The number of amides is 1. The average molecular weight is 831 g/mol. The second kappa shape index (κ2) is 17.6. The fourth-order valence-corrected chi connectivity index (χ4v) is 6.88. The number of anilines is 3. The minimum Gasteiger partial charge on any atom is -0.505 e. The molecule has 7 rings (SSSR count). The van der Waals surface area contributed by atoms with Gasteiger partial charge in [-0.15, -0.1) is 10.2 Å². The molecule has 0 saturated heterocycles. The highest BCUT2D eigenvalue weighted by Crippen LogP contribution is 2.39. The number of aromatic hydroxyl groups is 1. The van der Waals surface area contributed by atoms with Gasteiger partial charge in [0, 0.05) is 22.4 Å². The van der Waals surface area contributed by atoms with Crippen LogP contribution in [-0.2, 0) is 14.9 Å². The van der Waals surface area contributed by atoms with Crippen molar-refractivity contribution < 1.29 is 22.9 Å². The topological polar surface area (TPSA) is 220 Å². The van der Waals surface area contributed by atoms with Gasteiger partial charge in [0.25, 0.3) is 10.1 Å². The van der Waals surface area contributed by atoms with Gasteiger partial charge in [0.05, 0.1) is 34.1 Å². The molecule has 4 N–H and O–H groups in total. The Morgan fingerprint density at radius 2 is 1.02 bits per heavy atom. The third-order valence-corrected chi connectivity index (χ3v) is 10.5. The smallest absolute Gasteiger partial charge is 0.296 e. The third-order valence-electron chi connectivity index (χ3n) is 9.60. The molecule has 0 bridgehead atoms. The maximum absolute atomic E-state index is 12.0. The zero-order chi connectivity index (χ0) is 43.3. The van der Waals surface area contributed by atoms with Crippen LogP contribution in [0.2, 0.25) is 0 Å². The summed E-state index contributed by atoms with van der Waals surface area (Å²) in [6, 6.07) is 35.9. The summed E-state index contributed by atoms with van der Waals surface area (Å²) < 4.78 is 32.8. The average Bonchev–Trinajstić information content (AvgIpc) is 3.24. The van der Waals surface area contributed by atoms with Crippen molar-refractivity contribution in [3.63, 3.8) is 0 Å². The largest absolute Gasteiger partial charge is 0.505 e. The third kappa shape index (κ3) is 9.57. The molecule has 0 atom stereocenters. The van der Waals surface area contributed by atoms with E-state index in [0.717, 1.165) is 34.1 Å². The minimum absolute atomic E-state index is 0.0209. The summed E-state index contributed by atoms with van der Waals surface area (Å²) in [7, 11) is -4.45. The van der Waals surface area contributed by atoms with E-state index in [1.54, 1.807) is 78.9 Å². The van der Waals surface area contributed by atoms with Gasteiger partial charge in [0.1, 0.15) is 16.3 Å². The quantitative estimate of drug-likeness (QED) is 0.0470. The number of nitrogens with zero attached hydrogens (tertiary/aromatic N) is 9. The van der Waals surface area contributed by atoms with Gasteiger partial charge < -0.3 is 10.8 Å². The molecule has 0 spiro atoms. The molecule has 0 aromatic heterocycles. The molecule has 0 radical (unpaired) electrons. The summed E-state index contributed by atoms with van der Waals surface area (Å²) in [5.74, 6) is -0.0321. The van der Waals surface area contributed by atoms with Gasteiger partial charge in [0.2, 0.25) is 6.41 Å². The Morgan fingerprint density at radius 1 is 0.525 bits per heavy atom. The Labute approximate surface area is 351 Å². The number of carbonyl (C=O) groups excluding carboxylic acids is 1. The number of carbonyl (C=O) groups is 1. The summed E-state index contributed by atoms with van der Waals surface area (Å²) in [6.45, 7) is 7.51. The maximum atomic E-state index is 12.0. The number of rotatable bonds is 12. The first-order valence-corrected chi connectivity index (χ1v) is 20.1. The SMILES string of the molecule is Cc1cc(N=Nc2cc(C)c(N=Nc3ccc4cc(N(C=O)c5ccc(N)cc5)ccc4c3O)cc2C)ccc1N=Nc1ccc(N=Nc2ccccc2S(=O)(=O)O)c(C)c1. The van der Waals surface area contributed by atoms with E-state index in [-0.39, 0.29) is 16.3 Å². The molecule has 0 unspecified atom stereocenters. The maximum Gasteiger partial charge on any atom is 0.296 e. The lowest BCUT2D eigenvalue weighted by atomic mass is 10.1. The van der Waals surface area contributed by atoms with Crippen LogP contribution in [0.3, 0.4) is 0 Å². The number of hydrogen-bond donors (Lipinski definition) is 3. The van der Waals surface area contributed by atoms with Gasteiger partial charge in [-0.25, -0.2) is 0 Å². The van der Waals surface area contributed by atoms with E-state index in [2.05, 4.69) is 40.9 Å². The first-order valence-electron chi connectivity index (χ1n) is 18.7. The fraction of sp³-hybridized carbons (Fsp3) is 0.0889. The van der Waals surface area contributed by atoms with Crippen molar-refractivity contribution in [2.24, 2.45) is 40.9 Å². The van der Waals surface area contributed by atoms with Crippen LogP contribution in [-0.4, -0.2) is 24.5 Å². The number of phenols is 1. The molecular formula is C45H38N10O5S. The van der Waals surface area contributed by atoms with E-state index in [4.69, 9.17) is 5.73 Å². The number of benzene rings is 7. The molecule has 0 aliphatic carbocycles. The van der Waals surface area contributed by atoms with Crippen molar-refractivity contribution in [1.82, 2.24) is 0 Å². The van der Waals surface area contributed by atoms with Gasteiger partial charge in [-0.3, -0.25) is 14.2 Å². The predicted molar refractivity (Wildman–Crippen MR) is 236 cm³/mol. The molecule has 0 saturated carbocycles. The highest BCUT2D eigenvalue weighted by Gasteiger charge is 2.15. The Balaban J connectivity index is 1.01. The standard InChI is InChI=1S/C45H38N10O5S/c1-27-21-34(12-19-38(27)49-47-33-13-20-39(28(2)22-33)50-51-40-7-5-6-8-44(40)61(58,59)60)48-53-42-23-30(4)43(24-29(42)3)54-52-41-18-9-31-25-36(16-17-37(31)45(41)57)55(26-56)35-14-10-32(46)11-15-35/h5-26,57H,46H2,1-4H3,(H,58,59,60). The summed E-state index contributed by atoms with van der Waals surface area (Å²) in [5, 5.41) is 47.1. The molecule has 0 aliphatic rings. The van der Waals surface area contributed by atoms with Crippen molar-refractivity contribution in [2.45, 2.75) is 32.6 Å². The molecule has 61 heavy (non-hydrogen) atoms. The number of phenolic OH excluding ortho intramolecular Hbond substituents is 1. The van der Waals surface area contributed by atoms with Crippen LogP contribution in [0.15, 0.2) is 173 Å². The van der Waals surface area contributed by atoms with E-state index in [1.807, 2.05) is 58.0 Å². The molecule has 15 nitrogen and oxygen atoms in total. The molecule has 1 amide bonds. The fourth-order valence-electron chi connectivity index (χ4n) is 6.25.